The van der Waals surface area contributed by atoms with Crippen LogP contribution in [0, 0.1) is 11.8 Å². The third-order valence-corrected chi connectivity index (χ3v) is 4.03. The summed E-state index contributed by atoms with van der Waals surface area (Å²) in [4.78, 5) is 2.47. The molecule has 0 aromatic carbocycles. The Balaban J connectivity index is 1.59. The topological polar surface area (TPSA) is 24.5 Å². The van der Waals surface area contributed by atoms with Gasteiger partial charge in [0.1, 0.15) is 0 Å². The highest BCUT2D eigenvalue weighted by atomic mass is 16.5. The zero-order chi connectivity index (χ0) is 11.4. The second kappa shape index (κ2) is 5.99. The summed E-state index contributed by atoms with van der Waals surface area (Å²) >= 11 is 0. The summed E-state index contributed by atoms with van der Waals surface area (Å²) in [6.07, 6.45) is 4.06. The van der Waals surface area contributed by atoms with Gasteiger partial charge in [0.2, 0.25) is 0 Å². The van der Waals surface area contributed by atoms with Gasteiger partial charge in [-0.25, -0.2) is 0 Å². The fraction of sp³-hybridized carbons (Fsp3) is 1.00. The van der Waals surface area contributed by atoms with Gasteiger partial charge in [-0.15, -0.1) is 0 Å². The van der Waals surface area contributed by atoms with E-state index in [1.807, 2.05) is 0 Å². The molecule has 2 aliphatic rings. The molecule has 1 N–H and O–H groups in total. The first kappa shape index (κ1) is 12.3. The van der Waals surface area contributed by atoms with Gasteiger partial charge in [0.15, 0.2) is 0 Å². The van der Waals surface area contributed by atoms with Crippen molar-refractivity contribution in [2.45, 2.75) is 32.2 Å². The first-order valence-electron chi connectivity index (χ1n) is 6.80. The van der Waals surface area contributed by atoms with E-state index in [1.54, 1.807) is 0 Å². The molecule has 2 rings (SSSR count). The molecule has 1 heterocycles. The molecule has 0 aromatic rings. The Bertz CT molecular complexity index is 206. The number of likely N-dealkylation sites (N-methyl/N-ethyl adjacent to an activating group) is 1. The second-order valence-electron chi connectivity index (χ2n) is 5.39. The molecule has 3 nitrogen and oxygen atoms in total. The van der Waals surface area contributed by atoms with Gasteiger partial charge >= 0.3 is 0 Å². The lowest BCUT2D eigenvalue weighted by atomic mass is 10.00. The number of nitrogens with zero attached hydrogens (tertiary/aromatic N) is 1. The average Bonchev–Trinajstić information content (AvgIpc) is 2.99. The van der Waals surface area contributed by atoms with Crippen LogP contribution in [0.3, 0.4) is 0 Å². The van der Waals surface area contributed by atoms with Crippen LogP contribution in [0.5, 0.6) is 0 Å². The smallest absolute Gasteiger partial charge is 0.0593 e. The van der Waals surface area contributed by atoms with Crippen LogP contribution in [0.25, 0.3) is 0 Å². The van der Waals surface area contributed by atoms with Gasteiger partial charge in [-0.05, 0) is 38.3 Å². The third-order valence-electron chi connectivity index (χ3n) is 4.03. The maximum atomic E-state index is 5.69. The van der Waals surface area contributed by atoms with Crippen LogP contribution in [0.1, 0.15) is 26.2 Å². The Kier molecular flexibility index (Phi) is 4.62. The number of rotatable bonds is 7. The second-order valence-corrected chi connectivity index (χ2v) is 5.39. The van der Waals surface area contributed by atoms with E-state index in [0.717, 1.165) is 44.2 Å². The molecule has 1 saturated carbocycles. The Labute approximate surface area is 99.5 Å². The van der Waals surface area contributed by atoms with Crippen molar-refractivity contribution in [1.29, 1.82) is 0 Å². The fourth-order valence-corrected chi connectivity index (χ4v) is 2.56. The fourth-order valence-electron chi connectivity index (χ4n) is 2.56. The predicted molar refractivity (Wildman–Crippen MR) is 66.6 cm³/mol. The van der Waals surface area contributed by atoms with Crippen molar-refractivity contribution < 1.29 is 4.74 Å². The third kappa shape index (κ3) is 3.44. The highest BCUT2D eigenvalue weighted by Gasteiger charge is 2.28. The molecular weight excluding hydrogens is 200 g/mol. The normalized spacial score (nSPS) is 30.2. The lowest BCUT2D eigenvalue weighted by Gasteiger charge is -2.28. The van der Waals surface area contributed by atoms with Gasteiger partial charge in [-0.3, -0.25) is 4.90 Å². The Morgan fingerprint density at radius 1 is 1.31 bits per heavy atom. The molecule has 0 amide bonds. The first-order chi connectivity index (χ1) is 7.81. The van der Waals surface area contributed by atoms with E-state index in [0.29, 0.717) is 0 Å². The molecule has 0 aromatic heterocycles. The highest BCUT2D eigenvalue weighted by Crippen LogP contribution is 2.28. The number of hydrogen-bond acceptors (Lipinski definition) is 3. The van der Waals surface area contributed by atoms with E-state index in [-0.39, 0.29) is 0 Å². The summed E-state index contributed by atoms with van der Waals surface area (Å²) in [6.45, 7) is 7.61. The van der Waals surface area contributed by atoms with Crippen LogP contribution in [-0.2, 0) is 4.74 Å². The monoisotopic (exact) mass is 226 g/mol. The average molecular weight is 226 g/mol. The van der Waals surface area contributed by atoms with E-state index < -0.39 is 0 Å². The van der Waals surface area contributed by atoms with E-state index in [1.165, 1.54) is 25.8 Å². The van der Waals surface area contributed by atoms with Gasteiger partial charge in [0, 0.05) is 25.7 Å². The van der Waals surface area contributed by atoms with E-state index in [2.05, 4.69) is 24.2 Å². The molecule has 1 saturated heterocycles. The summed E-state index contributed by atoms with van der Waals surface area (Å²) in [7, 11) is 2.24. The van der Waals surface area contributed by atoms with Gasteiger partial charge < -0.3 is 10.1 Å². The van der Waals surface area contributed by atoms with Crippen LogP contribution in [0.4, 0.5) is 0 Å². The minimum Gasteiger partial charge on any atom is -0.380 e. The standard InChI is InChI=1S/C13H26N2O/c1-3-12-8-14-9-13(12)15(2)6-7-16-10-11-4-5-11/h11-14H,3-10H2,1-2H3. The van der Waals surface area contributed by atoms with E-state index in [4.69, 9.17) is 4.74 Å². The Hall–Kier alpha value is -0.120. The van der Waals surface area contributed by atoms with Gasteiger partial charge in [-0.2, -0.15) is 0 Å². The van der Waals surface area contributed by atoms with Crippen LogP contribution in [0.15, 0.2) is 0 Å². The number of hydrogen-bond donors (Lipinski definition) is 1. The Morgan fingerprint density at radius 3 is 2.81 bits per heavy atom. The molecular formula is C13H26N2O. The summed E-state index contributed by atoms with van der Waals surface area (Å²) < 4.78 is 5.69. The maximum absolute atomic E-state index is 5.69. The zero-order valence-corrected chi connectivity index (χ0v) is 10.7. The van der Waals surface area contributed by atoms with Crippen molar-refractivity contribution in [2.24, 2.45) is 11.8 Å². The van der Waals surface area contributed by atoms with Crippen LogP contribution in [-0.4, -0.2) is 50.8 Å². The molecule has 3 heteroatoms. The molecule has 0 bridgehead atoms. The molecule has 2 fully saturated rings. The SMILES string of the molecule is CCC1CNCC1N(C)CCOCC1CC1. The number of ether oxygens (including phenoxy) is 1. The summed E-state index contributed by atoms with van der Waals surface area (Å²) in [5.41, 5.74) is 0. The van der Waals surface area contributed by atoms with Crippen molar-refractivity contribution in [3.8, 4) is 0 Å². The molecule has 94 valence electrons. The molecule has 2 atom stereocenters. The predicted octanol–water partition coefficient (Wildman–Crippen LogP) is 1.34. The number of nitrogens with one attached hydrogen (secondary N) is 1. The molecule has 1 aliphatic carbocycles. The van der Waals surface area contributed by atoms with Crippen molar-refractivity contribution in [3.63, 3.8) is 0 Å². The minimum atomic E-state index is 0.717. The van der Waals surface area contributed by atoms with Crippen LogP contribution >= 0.6 is 0 Å². The summed E-state index contributed by atoms with van der Waals surface area (Å²) in [6, 6.07) is 0.717. The van der Waals surface area contributed by atoms with Crippen molar-refractivity contribution in [3.05, 3.63) is 0 Å². The molecule has 0 spiro atoms. The lowest BCUT2D eigenvalue weighted by Crippen LogP contribution is -2.39. The summed E-state index contributed by atoms with van der Waals surface area (Å²) in [5, 5.41) is 3.49. The van der Waals surface area contributed by atoms with E-state index in [9.17, 15) is 0 Å². The molecule has 1 aliphatic heterocycles. The van der Waals surface area contributed by atoms with Crippen molar-refractivity contribution in [1.82, 2.24) is 10.2 Å². The van der Waals surface area contributed by atoms with Gasteiger partial charge in [-0.1, -0.05) is 13.3 Å². The summed E-state index contributed by atoms with van der Waals surface area (Å²) in [5.74, 6) is 1.72. The Morgan fingerprint density at radius 2 is 2.12 bits per heavy atom. The van der Waals surface area contributed by atoms with E-state index >= 15 is 0 Å². The van der Waals surface area contributed by atoms with Crippen molar-refractivity contribution >= 4 is 0 Å². The lowest BCUT2D eigenvalue weighted by molar-refractivity contribution is 0.0867. The maximum Gasteiger partial charge on any atom is 0.0593 e. The van der Waals surface area contributed by atoms with Crippen molar-refractivity contribution in [2.75, 3.05) is 39.9 Å². The van der Waals surface area contributed by atoms with Gasteiger partial charge in [0.05, 0.1) is 6.61 Å². The highest BCUT2D eigenvalue weighted by molar-refractivity contribution is 4.86. The van der Waals surface area contributed by atoms with Crippen LogP contribution in [0.2, 0.25) is 0 Å². The molecule has 16 heavy (non-hydrogen) atoms. The molecule has 0 radical (unpaired) electrons. The quantitative estimate of drug-likeness (QED) is 0.663. The minimum absolute atomic E-state index is 0.717. The molecule has 2 unspecified atom stereocenters. The first-order valence-corrected chi connectivity index (χ1v) is 6.80. The largest absolute Gasteiger partial charge is 0.380 e. The van der Waals surface area contributed by atoms with Crippen LogP contribution < -0.4 is 5.32 Å². The zero-order valence-electron chi connectivity index (χ0n) is 10.7. The van der Waals surface area contributed by atoms with Gasteiger partial charge in [0.25, 0.3) is 0 Å².